The summed E-state index contributed by atoms with van der Waals surface area (Å²) in [5, 5.41) is 6.10. The van der Waals surface area contributed by atoms with Gasteiger partial charge in [0.25, 0.3) is 11.8 Å². The molecule has 2 heterocycles. The lowest BCUT2D eigenvalue weighted by Gasteiger charge is -2.11. The third kappa shape index (κ3) is 3.46. The Labute approximate surface area is 171 Å². The van der Waals surface area contributed by atoms with Crippen molar-refractivity contribution < 1.29 is 19.1 Å². The SMILES string of the molecule is COc1ccc(Nc2ncnc(Nc3ccc4c(c3)C(=O)N(C)C4=O)n2)cc1OC. The smallest absolute Gasteiger partial charge is 0.261 e. The molecule has 0 radical (unpaired) electrons. The van der Waals surface area contributed by atoms with Crippen molar-refractivity contribution in [2.45, 2.75) is 0 Å². The highest BCUT2D eigenvalue weighted by molar-refractivity contribution is 6.21. The number of nitrogens with zero attached hydrogens (tertiary/aromatic N) is 4. The number of aromatic nitrogens is 3. The molecule has 0 unspecified atom stereocenters. The number of rotatable bonds is 6. The Balaban J connectivity index is 1.54. The van der Waals surface area contributed by atoms with Crippen molar-refractivity contribution in [3.8, 4) is 11.5 Å². The lowest BCUT2D eigenvalue weighted by atomic mass is 10.1. The van der Waals surface area contributed by atoms with Crippen molar-refractivity contribution in [3.05, 3.63) is 53.9 Å². The molecular weight excluding hydrogens is 388 g/mol. The summed E-state index contributed by atoms with van der Waals surface area (Å²) in [6, 6.07) is 10.2. The molecule has 152 valence electrons. The van der Waals surface area contributed by atoms with Gasteiger partial charge in [-0.3, -0.25) is 14.5 Å². The summed E-state index contributed by atoms with van der Waals surface area (Å²) >= 11 is 0. The van der Waals surface area contributed by atoms with Crippen LogP contribution >= 0.6 is 0 Å². The summed E-state index contributed by atoms with van der Waals surface area (Å²) in [6.07, 6.45) is 1.36. The molecule has 0 bridgehead atoms. The molecule has 0 saturated heterocycles. The number of nitrogens with one attached hydrogen (secondary N) is 2. The zero-order chi connectivity index (χ0) is 21.3. The second-order valence-corrected chi connectivity index (χ2v) is 6.38. The van der Waals surface area contributed by atoms with Crippen molar-refractivity contribution in [1.82, 2.24) is 19.9 Å². The van der Waals surface area contributed by atoms with E-state index in [1.54, 1.807) is 50.6 Å². The first-order valence-electron chi connectivity index (χ1n) is 8.91. The summed E-state index contributed by atoms with van der Waals surface area (Å²) in [4.78, 5) is 37.8. The first-order chi connectivity index (χ1) is 14.5. The molecule has 4 rings (SSSR count). The quantitative estimate of drug-likeness (QED) is 0.595. The summed E-state index contributed by atoms with van der Waals surface area (Å²) in [6.45, 7) is 0. The second-order valence-electron chi connectivity index (χ2n) is 6.38. The fourth-order valence-corrected chi connectivity index (χ4v) is 3.03. The molecule has 1 aromatic heterocycles. The van der Waals surface area contributed by atoms with Crippen LogP contribution in [0.2, 0.25) is 0 Å². The standard InChI is InChI=1S/C20H18N6O4/c1-26-17(27)13-6-4-11(8-14(13)18(26)28)23-19-21-10-22-20(25-19)24-12-5-7-15(29-2)16(9-12)30-3/h4-10H,1-3H3,(H2,21,22,23,24,25). The first kappa shape index (κ1) is 19.1. The molecular formula is C20H18N6O4. The Morgan fingerprint density at radius 3 is 2.07 bits per heavy atom. The van der Waals surface area contributed by atoms with Crippen molar-refractivity contribution in [2.75, 3.05) is 31.9 Å². The summed E-state index contributed by atoms with van der Waals surface area (Å²) in [5.41, 5.74) is 1.99. The number of carbonyl (C=O) groups excluding carboxylic acids is 2. The topological polar surface area (TPSA) is 119 Å². The molecule has 0 aliphatic carbocycles. The molecule has 0 atom stereocenters. The molecule has 10 heteroatoms. The number of anilines is 4. The molecule has 30 heavy (non-hydrogen) atoms. The molecule has 1 aliphatic heterocycles. The van der Waals surface area contributed by atoms with E-state index < -0.39 is 0 Å². The fourth-order valence-electron chi connectivity index (χ4n) is 3.03. The zero-order valence-electron chi connectivity index (χ0n) is 16.5. The number of fused-ring (bicyclic) bond motifs is 1. The summed E-state index contributed by atoms with van der Waals surface area (Å²) in [7, 11) is 4.57. The van der Waals surface area contributed by atoms with Crippen LogP contribution in [0.1, 0.15) is 20.7 Å². The summed E-state index contributed by atoms with van der Waals surface area (Å²) < 4.78 is 10.5. The van der Waals surface area contributed by atoms with E-state index in [0.717, 1.165) is 4.90 Å². The van der Waals surface area contributed by atoms with Crippen LogP contribution in [0.3, 0.4) is 0 Å². The highest BCUT2D eigenvalue weighted by atomic mass is 16.5. The van der Waals surface area contributed by atoms with Gasteiger partial charge in [-0.05, 0) is 30.3 Å². The van der Waals surface area contributed by atoms with Gasteiger partial charge in [0.2, 0.25) is 11.9 Å². The van der Waals surface area contributed by atoms with Gasteiger partial charge in [0, 0.05) is 24.5 Å². The first-order valence-corrected chi connectivity index (χ1v) is 8.91. The van der Waals surface area contributed by atoms with Crippen molar-refractivity contribution in [3.63, 3.8) is 0 Å². The Hall–Kier alpha value is -4.21. The number of ether oxygens (including phenoxy) is 2. The van der Waals surface area contributed by atoms with Gasteiger partial charge in [-0.2, -0.15) is 4.98 Å². The van der Waals surface area contributed by atoms with Crippen LogP contribution < -0.4 is 20.1 Å². The van der Waals surface area contributed by atoms with E-state index in [1.807, 2.05) is 0 Å². The van der Waals surface area contributed by atoms with Gasteiger partial charge < -0.3 is 20.1 Å². The average molecular weight is 406 g/mol. The molecule has 0 spiro atoms. The molecule has 2 aromatic carbocycles. The van der Waals surface area contributed by atoms with Gasteiger partial charge in [-0.1, -0.05) is 0 Å². The van der Waals surface area contributed by atoms with Gasteiger partial charge in [-0.25, -0.2) is 9.97 Å². The monoisotopic (exact) mass is 406 g/mol. The van der Waals surface area contributed by atoms with Gasteiger partial charge >= 0.3 is 0 Å². The van der Waals surface area contributed by atoms with Crippen LogP contribution in [0.4, 0.5) is 23.3 Å². The van der Waals surface area contributed by atoms with E-state index in [2.05, 4.69) is 25.6 Å². The average Bonchev–Trinajstić information content (AvgIpc) is 2.97. The van der Waals surface area contributed by atoms with Crippen LogP contribution in [0.25, 0.3) is 0 Å². The van der Waals surface area contributed by atoms with Gasteiger partial charge in [0.1, 0.15) is 6.33 Å². The minimum absolute atomic E-state index is 0.276. The van der Waals surface area contributed by atoms with Crippen molar-refractivity contribution in [1.29, 1.82) is 0 Å². The molecule has 0 fully saturated rings. The predicted octanol–water partition coefficient (Wildman–Crippen LogP) is 2.60. The minimum atomic E-state index is -0.342. The third-order valence-corrected chi connectivity index (χ3v) is 4.56. The Kier molecular flexibility index (Phi) is 4.88. The lowest BCUT2D eigenvalue weighted by Crippen LogP contribution is -2.24. The van der Waals surface area contributed by atoms with E-state index in [0.29, 0.717) is 39.9 Å². The summed E-state index contributed by atoms with van der Waals surface area (Å²) in [5.74, 6) is 1.10. The van der Waals surface area contributed by atoms with Crippen LogP contribution in [0, 0.1) is 0 Å². The number of hydrogen-bond donors (Lipinski definition) is 2. The maximum absolute atomic E-state index is 12.2. The van der Waals surface area contributed by atoms with Gasteiger partial charge in [0.05, 0.1) is 25.3 Å². The molecule has 2 amide bonds. The predicted molar refractivity (Wildman–Crippen MR) is 109 cm³/mol. The zero-order valence-corrected chi connectivity index (χ0v) is 16.5. The van der Waals surface area contributed by atoms with Crippen LogP contribution in [0.5, 0.6) is 11.5 Å². The van der Waals surface area contributed by atoms with Crippen molar-refractivity contribution in [2.24, 2.45) is 0 Å². The Morgan fingerprint density at radius 1 is 0.800 bits per heavy atom. The van der Waals surface area contributed by atoms with E-state index in [1.165, 1.54) is 13.4 Å². The number of methoxy groups -OCH3 is 2. The van der Waals surface area contributed by atoms with Gasteiger partial charge in [-0.15, -0.1) is 0 Å². The normalized spacial score (nSPS) is 12.6. The van der Waals surface area contributed by atoms with Crippen LogP contribution in [-0.4, -0.2) is 52.9 Å². The number of benzene rings is 2. The molecule has 10 nitrogen and oxygen atoms in total. The molecule has 2 N–H and O–H groups in total. The van der Waals surface area contributed by atoms with E-state index >= 15 is 0 Å². The number of carbonyl (C=O) groups is 2. The largest absolute Gasteiger partial charge is 0.493 e. The fraction of sp³-hybridized carbons (Fsp3) is 0.150. The maximum Gasteiger partial charge on any atom is 0.261 e. The highest BCUT2D eigenvalue weighted by Gasteiger charge is 2.32. The lowest BCUT2D eigenvalue weighted by molar-refractivity contribution is 0.0693. The molecule has 1 aliphatic rings. The third-order valence-electron chi connectivity index (χ3n) is 4.56. The van der Waals surface area contributed by atoms with Gasteiger partial charge in [0.15, 0.2) is 11.5 Å². The van der Waals surface area contributed by atoms with Crippen molar-refractivity contribution >= 4 is 35.1 Å². The van der Waals surface area contributed by atoms with E-state index in [4.69, 9.17) is 9.47 Å². The molecule has 3 aromatic rings. The Morgan fingerprint density at radius 2 is 1.40 bits per heavy atom. The minimum Gasteiger partial charge on any atom is -0.493 e. The van der Waals surface area contributed by atoms with Crippen LogP contribution in [0.15, 0.2) is 42.7 Å². The maximum atomic E-state index is 12.2. The second kappa shape index (κ2) is 7.66. The molecule has 0 saturated carbocycles. The van der Waals surface area contributed by atoms with E-state index in [-0.39, 0.29) is 17.8 Å². The number of imide groups is 1. The Bertz CT molecular complexity index is 1150. The number of amides is 2. The van der Waals surface area contributed by atoms with Crippen LogP contribution in [-0.2, 0) is 0 Å². The highest BCUT2D eigenvalue weighted by Crippen LogP contribution is 2.31. The number of hydrogen-bond acceptors (Lipinski definition) is 9. The van der Waals surface area contributed by atoms with E-state index in [9.17, 15) is 9.59 Å².